The fourth-order valence-electron chi connectivity index (χ4n) is 2.82. The maximum Gasteiger partial charge on any atom is 0.407 e. The molecule has 6 nitrogen and oxygen atoms in total. The number of hydrogen-bond acceptors (Lipinski definition) is 4. The molecule has 1 aliphatic rings. The topological polar surface area (TPSA) is 87.7 Å². The molecule has 0 heterocycles. The number of rotatable bonds is 6. The van der Waals surface area contributed by atoms with Gasteiger partial charge in [0.05, 0.1) is 17.6 Å². The van der Waals surface area contributed by atoms with Gasteiger partial charge in [0.2, 0.25) is 0 Å². The average Bonchev–Trinajstić information content (AvgIpc) is 2.81. The molecule has 0 saturated heterocycles. The minimum atomic E-state index is -1.29. The van der Waals surface area contributed by atoms with Gasteiger partial charge < -0.3 is 15.2 Å². The van der Waals surface area contributed by atoms with Crippen molar-refractivity contribution in [3.8, 4) is 0 Å². The zero-order valence-electron chi connectivity index (χ0n) is 14.4. The molecular formula is C17H26N2O4S. The fraction of sp³-hybridized carbons (Fsp3) is 0.588. The van der Waals surface area contributed by atoms with E-state index in [0.29, 0.717) is 12.2 Å². The highest BCUT2D eigenvalue weighted by Crippen LogP contribution is 2.35. The van der Waals surface area contributed by atoms with Crippen molar-refractivity contribution >= 4 is 17.1 Å². The summed E-state index contributed by atoms with van der Waals surface area (Å²) in [5.74, 6) is 0.212. The van der Waals surface area contributed by atoms with E-state index in [-0.39, 0.29) is 30.7 Å². The van der Waals surface area contributed by atoms with Crippen LogP contribution in [-0.4, -0.2) is 46.0 Å². The number of ether oxygens (including phenoxy) is 1. The number of benzene rings is 1. The van der Waals surface area contributed by atoms with Gasteiger partial charge in [0.1, 0.15) is 6.10 Å². The Morgan fingerprint density at radius 1 is 1.38 bits per heavy atom. The van der Waals surface area contributed by atoms with E-state index in [1.165, 1.54) is 0 Å². The minimum absolute atomic E-state index is 0.0685. The number of fused-ring (bicyclic) bond motifs is 1. The number of nitrogens with one attached hydrogen (secondary N) is 2. The second kappa shape index (κ2) is 8.09. The number of amides is 1. The van der Waals surface area contributed by atoms with Crippen LogP contribution in [0.15, 0.2) is 24.3 Å². The molecule has 0 saturated carbocycles. The molecule has 24 heavy (non-hydrogen) atoms. The first-order valence-corrected chi connectivity index (χ1v) is 9.41. The molecular weight excluding hydrogens is 328 g/mol. The van der Waals surface area contributed by atoms with E-state index >= 15 is 0 Å². The lowest BCUT2D eigenvalue weighted by Crippen LogP contribution is -2.43. The van der Waals surface area contributed by atoms with E-state index in [2.05, 4.69) is 10.0 Å². The second-order valence-corrected chi connectivity index (χ2v) is 8.27. The molecule has 0 radical (unpaired) electrons. The predicted octanol–water partition coefficient (Wildman–Crippen LogP) is 1.47. The van der Waals surface area contributed by atoms with Crippen LogP contribution in [0, 0.1) is 0 Å². The van der Waals surface area contributed by atoms with Crippen molar-refractivity contribution in [2.75, 3.05) is 18.9 Å². The van der Waals surface area contributed by atoms with Crippen molar-refractivity contribution in [2.24, 2.45) is 0 Å². The molecule has 0 aliphatic heterocycles. The van der Waals surface area contributed by atoms with E-state index < -0.39 is 17.1 Å². The van der Waals surface area contributed by atoms with E-state index in [4.69, 9.17) is 9.84 Å². The van der Waals surface area contributed by atoms with Gasteiger partial charge in [-0.15, -0.1) is 0 Å². The Morgan fingerprint density at radius 3 is 2.75 bits per heavy atom. The molecule has 1 aromatic carbocycles. The van der Waals surface area contributed by atoms with Crippen molar-refractivity contribution in [1.82, 2.24) is 10.0 Å². The van der Waals surface area contributed by atoms with Crippen LogP contribution >= 0.6 is 0 Å². The number of carbonyl (C=O) groups excluding carboxylic acids is 1. The Labute approximate surface area is 145 Å². The number of aliphatic hydroxyl groups is 1. The molecule has 1 unspecified atom stereocenters. The number of carbonyl (C=O) groups is 1. The largest absolute Gasteiger partial charge is 0.445 e. The van der Waals surface area contributed by atoms with E-state index in [0.717, 1.165) is 11.1 Å². The van der Waals surface area contributed by atoms with Crippen LogP contribution in [0.1, 0.15) is 37.8 Å². The number of aliphatic hydroxyl groups excluding tert-OH is 1. The van der Waals surface area contributed by atoms with Crippen LogP contribution in [0.4, 0.5) is 4.79 Å². The number of hydrogen-bond donors (Lipinski definition) is 3. The summed E-state index contributed by atoms with van der Waals surface area (Å²) in [6.07, 6.45) is -0.181. The van der Waals surface area contributed by atoms with Crippen LogP contribution in [-0.2, 0) is 22.1 Å². The molecule has 0 bridgehead atoms. The Hall–Kier alpha value is -1.44. The summed E-state index contributed by atoms with van der Waals surface area (Å²) in [6, 6.07) is 7.90. The quantitative estimate of drug-likeness (QED) is 0.722. The van der Waals surface area contributed by atoms with Gasteiger partial charge in [0.15, 0.2) is 0 Å². The summed E-state index contributed by atoms with van der Waals surface area (Å²) in [4.78, 5) is 12.1. The molecule has 1 aliphatic carbocycles. The monoisotopic (exact) mass is 354 g/mol. The van der Waals surface area contributed by atoms with Crippen LogP contribution in [0.3, 0.4) is 0 Å². The van der Waals surface area contributed by atoms with E-state index in [1.807, 2.05) is 45.0 Å². The van der Waals surface area contributed by atoms with Crippen molar-refractivity contribution < 1.29 is 18.8 Å². The van der Waals surface area contributed by atoms with Gasteiger partial charge in [-0.3, -0.25) is 0 Å². The smallest absolute Gasteiger partial charge is 0.407 e. The Morgan fingerprint density at radius 2 is 2.08 bits per heavy atom. The zero-order chi connectivity index (χ0) is 17.7. The summed E-state index contributed by atoms with van der Waals surface area (Å²) >= 11 is 0. The minimum Gasteiger partial charge on any atom is -0.445 e. The van der Waals surface area contributed by atoms with Gasteiger partial charge in [-0.25, -0.2) is 13.7 Å². The molecule has 2 rings (SSSR count). The third kappa shape index (κ3) is 5.29. The third-order valence-electron chi connectivity index (χ3n) is 3.77. The lowest BCUT2D eigenvalue weighted by Gasteiger charge is -2.25. The van der Waals surface area contributed by atoms with Crippen molar-refractivity contribution in [1.29, 1.82) is 0 Å². The molecule has 134 valence electrons. The highest BCUT2D eigenvalue weighted by atomic mass is 32.2. The van der Waals surface area contributed by atoms with Gasteiger partial charge >= 0.3 is 6.09 Å². The maximum atomic E-state index is 12.2. The zero-order valence-corrected chi connectivity index (χ0v) is 15.2. The molecule has 0 aromatic heterocycles. The Kier molecular flexibility index (Phi) is 6.37. The first-order valence-electron chi connectivity index (χ1n) is 8.09. The SMILES string of the molecule is CC(C)(C)NC(=O)O[C@@H]1Cc2ccccc2[C@H]1CS(=O)NCCO. The van der Waals surface area contributed by atoms with E-state index in [9.17, 15) is 9.00 Å². The molecule has 3 N–H and O–H groups in total. The van der Waals surface area contributed by atoms with Gasteiger partial charge in [0, 0.05) is 30.2 Å². The van der Waals surface area contributed by atoms with Gasteiger partial charge in [-0.05, 0) is 31.9 Å². The van der Waals surface area contributed by atoms with E-state index in [1.54, 1.807) is 0 Å². The summed E-state index contributed by atoms with van der Waals surface area (Å²) < 4.78 is 20.6. The molecule has 1 aromatic rings. The third-order valence-corrected chi connectivity index (χ3v) is 4.95. The first-order chi connectivity index (χ1) is 11.3. The fourth-order valence-corrected chi connectivity index (χ4v) is 3.97. The van der Waals surface area contributed by atoms with Gasteiger partial charge in [-0.2, -0.15) is 0 Å². The summed E-state index contributed by atoms with van der Waals surface area (Å²) in [7, 11) is -1.29. The van der Waals surface area contributed by atoms with Crippen LogP contribution in [0.5, 0.6) is 0 Å². The first kappa shape index (κ1) is 18.9. The maximum absolute atomic E-state index is 12.2. The van der Waals surface area contributed by atoms with Crippen LogP contribution < -0.4 is 10.0 Å². The lowest BCUT2D eigenvalue weighted by atomic mass is 10.0. The van der Waals surface area contributed by atoms with Crippen molar-refractivity contribution in [2.45, 2.75) is 44.8 Å². The summed E-state index contributed by atoms with van der Waals surface area (Å²) in [5.41, 5.74) is 1.82. The molecule has 0 fully saturated rings. The van der Waals surface area contributed by atoms with Crippen molar-refractivity contribution in [3.63, 3.8) is 0 Å². The number of alkyl carbamates (subject to hydrolysis) is 1. The Bertz CT molecular complexity index is 600. The highest BCUT2D eigenvalue weighted by molar-refractivity contribution is 7.83. The predicted molar refractivity (Wildman–Crippen MR) is 94.1 cm³/mol. The molecule has 1 amide bonds. The molecule has 3 atom stereocenters. The second-order valence-electron chi connectivity index (χ2n) is 6.96. The summed E-state index contributed by atoms with van der Waals surface area (Å²) in [5, 5.41) is 11.6. The highest BCUT2D eigenvalue weighted by Gasteiger charge is 2.36. The van der Waals surface area contributed by atoms with Gasteiger partial charge in [-0.1, -0.05) is 24.3 Å². The average molecular weight is 354 g/mol. The lowest BCUT2D eigenvalue weighted by molar-refractivity contribution is 0.0858. The van der Waals surface area contributed by atoms with Crippen LogP contribution in [0.2, 0.25) is 0 Å². The van der Waals surface area contributed by atoms with Crippen molar-refractivity contribution in [3.05, 3.63) is 35.4 Å². The standard InChI is InChI=1S/C17H26N2O4S/c1-17(2,3)19-16(21)23-15-10-12-6-4-5-7-13(12)14(15)11-24(22)18-8-9-20/h4-7,14-15,18,20H,8-11H2,1-3H3,(H,19,21)/t14-,15-,24?/m1/s1. The summed E-state index contributed by atoms with van der Waals surface area (Å²) in [6.45, 7) is 5.88. The van der Waals surface area contributed by atoms with Crippen LogP contribution in [0.25, 0.3) is 0 Å². The normalized spacial score (nSPS) is 21.2. The van der Waals surface area contributed by atoms with Gasteiger partial charge in [0.25, 0.3) is 0 Å². The Balaban J connectivity index is 2.09. The molecule has 0 spiro atoms. The molecule has 7 heteroatoms.